The summed E-state index contributed by atoms with van der Waals surface area (Å²) in [4.78, 5) is 2.35. The number of fused-ring (bicyclic) bond motifs is 2. The molecule has 4 aliphatic carbocycles. The molecular weight excluding hydrogens is 418 g/mol. The van der Waals surface area contributed by atoms with Gasteiger partial charge in [0.1, 0.15) is 6.04 Å². The average molecular weight is 452 g/mol. The van der Waals surface area contributed by atoms with Gasteiger partial charge in [-0.05, 0) is 104 Å². The zero-order valence-corrected chi connectivity index (χ0v) is 19.8. The fraction of sp³-hybridized carbons (Fsp3) is 0.720. The first-order valence-corrected chi connectivity index (χ1v) is 12.5. The third kappa shape index (κ3) is 2.82. The van der Waals surface area contributed by atoms with Crippen LogP contribution in [-0.2, 0) is 6.42 Å². The maximum Gasteiger partial charge on any atom is 0.231 e. The highest BCUT2D eigenvalue weighted by Gasteiger charge is 2.54. The van der Waals surface area contributed by atoms with Crippen molar-refractivity contribution in [3.05, 3.63) is 23.0 Å². The molecule has 0 unspecified atom stereocenters. The second-order valence-electron chi connectivity index (χ2n) is 11.3. The highest BCUT2D eigenvalue weighted by Crippen LogP contribution is 2.64. The van der Waals surface area contributed by atoms with E-state index in [-0.39, 0.29) is 18.9 Å². The van der Waals surface area contributed by atoms with Gasteiger partial charge in [-0.25, -0.2) is 4.68 Å². The second kappa shape index (κ2) is 7.08. The molecule has 0 amide bonds. The number of benzene rings is 1. The van der Waals surface area contributed by atoms with Crippen LogP contribution in [0, 0.1) is 23.2 Å². The van der Waals surface area contributed by atoms with Gasteiger partial charge in [0.15, 0.2) is 17.3 Å². The third-order valence-corrected chi connectivity index (χ3v) is 9.50. The summed E-state index contributed by atoms with van der Waals surface area (Å²) in [5, 5.41) is 13.5. The predicted molar refractivity (Wildman–Crippen MR) is 120 cm³/mol. The number of aromatic nitrogens is 4. The van der Waals surface area contributed by atoms with Gasteiger partial charge in [-0.1, -0.05) is 0 Å². The number of hydrogen-bond acceptors (Lipinski definition) is 7. The van der Waals surface area contributed by atoms with Crippen LogP contribution in [0.15, 0.2) is 6.07 Å². The minimum Gasteiger partial charge on any atom is -0.492 e. The smallest absolute Gasteiger partial charge is 0.231 e. The first-order chi connectivity index (χ1) is 16.1. The lowest BCUT2D eigenvalue weighted by molar-refractivity contribution is -0.0822. The van der Waals surface area contributed by atoms with Crippen LogP contribution in [0.3, 0.4) is 0 Å². The predicted octanol–water partition coefficient (Wildman–Crippen LogP) is 3.77. The Kier molecular flexibility index (Phi) is 4.30. The number of hydrogen-bond donors (Lipinski definition) is 0. The monoisotopic (exact) mass is 451 g/mol. The Hall–Kier alpha value is -2.35. The molecule has 8 heteroatoms. The van der Waals surface area contributed by atoms with E-state index >= 15 is 0 Å². The van der Waals surface area contributed by atoms with E-state index in [0.29, 0.717) is 11.2 Å². The lowest BCUT2D eigenvalue weighted by atomic mass is 9.48. The number of likely N-dealkylation sites (N-methyl/N-ethyl adjacent to an activating group) is 1. The van der Waals surface area contributed by atoms with Crippen LogP contribution in [0.1, 0.15) is 74.5 Å². The summed E-state index contributed by atoms with van der Waals surface area (Å²) >= 11 is 0. The standard InChI is InChI=1S/C25H33N5O3/c1-14(25-10-15-6-16(11-25)8-17(7-15)12-25)30-24(26-27-28-30)21-20-18(4-5-29(21)2)9-19-22(23(20)31-3)33-13-32-19/h9,14-17,21H,4-8,10-13H2,1-3H3/t14-,15?,16?,17?,21-,25?/m1/s1. The van der Waals surface area contributed by atoms with Crippen LogP contribution in [0.5, 0.6) is 17.2 Å². The Balaban J connectivity index is 1.32. The van der Waals surface area contributed by atoms with Crippen molar-refractivity contribution in [1.82, 2.24) is 25.1 Å². The molecule has 8 nitrogen and oxygen atoms in total. The molecule has 8 rings (SSSR count). The molecule has 6 aliphatic rings. The number of nitrogens with zero attached hydrogens (tertiary/aromatic N) is 5. The van der Waals surface area contributed by atoms with Crippen molar-refractivity contribution in [2.75, 3.05) is 27.5 Å². The van der Waals surface area contributed by atoms with Gasteiger partial charge in [-0.2, -0.15) is 0 Å². The van der Waals surface area contributed by atoms with E-state index in [0.717, 1.165) is 53.6 Å². The molecule has 0 saturated heterocycles. The minimum absolute atomic E-state index is 0.0791. The van der Waals surface area contributed by atoms with Crippen LogP contribution in [0.2, 0.25) is 0 Å². The lowest BCUT2D eigenvalue weighted by Gasteiger charge is -2.59. The van der Waals surface area contributed by atoms with Crippen molar-refractivity contribution in [3.8, 4) is 17.2 Å². The van der Waals surface area contributed by atoms with E-state index in [1.165, 1.54) is 44.1 Å². The quantitative estimate of drug-likeness (QED) is 0.701. The molecule has 3 heterocycles. The Morgan fingerprint density at radius 1 is 1.12 bits per heavy atom. The van der Waals surface area contributed by atoms with Gasteiger partial charge >= 0.3 is 0 Å². The van der Waals surface area contributed by atoms with Gasteiger partial charge in [0, 0.05) is 12.1 Å². The molecule has 2 aromatic rings. The zero-order chi connectivity index (χ0) is 22.3. The molecule has 33 heavy (non-hydrogen) atoms. The fourth-order valence-corrected chi connectivity index (χ4v) is 8.36. The van der Waals surface area contributed by atoms with Gasteiger partial charge in [0.05, 0.1) is 13.2 Å². The molecule has 0 N–H and O–H groups in total. The van der Waals surface area contributed by atoms with Crippen molar-refractivity contribution < 1.29 is 14.2 Å². The van der Waals surface area contributed by atoms with E-state index < -0.39 is 0 Å². The van der Waals surface area contributed by atoms with E-state index in [9.17, 15) is 0 Å². The van der Waals surface area contributed by atoms with Crippen LogP contribution >= 0.6 is 0 Å². The van der Waals surface area contributed by atoms with Crippen LogP contribution in [-0.4, -0.2) is 52.6 Å². The van der Waals surface area contributed by atoms with Gasteiger partial charge in [-0.3, -0.25) is 4.90 Å². The number of ether oxygens (including phenoxy) is 3. The van der Waals surface area contributed by atoms with E-state index in [1.54, 1.807) is 7.11 Å². The molecule has 176 valence electrons. The van der Waals surface area contributed by atoms with Crippen LogP contribution in [0.4, 0.5) is 0 Å². The van der Waals surface area contributed by atoms with Gasteiger partial charge in [0.25, 0.3) is 0 Å². The highest BCUT2D eigenvalue weighted by molar-refractivity contribution is 5.62. The third-order valence-electron chi connectivity index (χ3n) is 9.50. The van der Waals surface area contributed by atoms with Crippen molar-refractivity contribution in [2.45, 2.75) is 64.0 Å². The Bertz CT molecular complexity index is 1060. The summed E-state index contributed by atoms with van der Waals surface area (Å²) in [7, 11) is 3.87. The summed E-state index contributed by atoms with van der Waals surface area (Å²) in [6.45, 7) is 3.53. The van der Waals surface area contributed by atoms with Crippen molar-refractivity contribution >= 4 is 0 Å². The summed E-state index contributed by atoms with van der Waals surface area (Å²) in [6, 6.07) is 2.33. The first kappa shape index (κ1) is 20.1. The Morgan fingerprint density at radius 2 is 1.85 bits per heavy atom. The van der Waals surface area contributed by atoms with E-state index in [2.05, 4.69) is 45.1 Å². The topological polar surface area (TPSA) is 74.5 Å². The molecule has 0 spiro atoms. The fourth-order valence-electron chi connectivity index (χ4n) is 8.36. The Morgan fingerprint density at radius 3 is 2.55 bits per heavy atom. The SMILES string of the molecule is COc1c2c(cc3c1[C@H](c1nnnn1[C@H](C)C14CC5CC(CC(C5)C1)C4)N(C)CC3)OCO2. The van der Waals surface area contributed by atoms with Crippen LogP contribution < -0.4 is 14.2 Å². The van der Waals surface area contributed by atoms with Crippen molar-refractivity contribution in [3.63, 3.8) is 0 Å². The number of tetrazole rings is 1. The average Bonchev–Trinajstić information content (AvgIpc) is 3.45. The second-order valence-corrected chi connectivity index (χ2v) is 11.3. The molecule has 1 aromatic carbocycles. The Labute approximate surface area is 194 Å². The molecule has 0 radical (unpaired) electrons. The van der Waals surface area contributed by atoms with Crippen molar-refractivity contribution in [2.24, 2.45) is 23.2 Å². The first-order valence-electron chi connectivity index (χ1n) is 12.5. The summed E-state index contributed by atoms with van der Waals surface area (Å²) in [5.74, 6) is 5.84. The van der Waals surface area contributed by atoms with Gasteiger partial charge < -0.3 is 14.2 Å². The highest BCUT2D eigenvalue weighted by atomic mass is 16.7. The molecule has 1 aromatic heterocycles. The summed E-state index contributed by atoms with van der Waals surface area (Å²) in [6.07, 6.45) is 9.25. The molecule has 4 bridgehead atoms. The number of rotatable bonds is 4. The normalized spacial score (nSPS) is 35.0. The maximum atomic E-state index is 5.92. The van der Waals surface area contributed by atoms with Gasteiger partial charge in [-0.15, -0.1) is 5.10 Å². The molecule has 4 saturated carbocycles. The molecular formula is C25H33N5O3. The maximum absolute atomic E-state index is 5.92. The van der Waals surface area contributed by atoms with E-state index in [4.69, 9.17) is 14.2 Å². The molecule has 2 atom stereocenters. The van der Waals surface area contributed by atoms with Gasteiger partial charge in [0.2, 0.25) is 12.5 Å². The summed E-state index contributed by atoms with van der Waals surface area (Å²) in [5.41, 5.74) is 2.67. The number of methoxy groups -OCH3 is 1. The lowest BCUT2D eigenvalue weighted by Crippen LogP contribution is -2.50. The summed E-state index contributed by atoms with van der Waals surface area (Å²) < 4.78 is 19.6. The van der Waals surface area contributed by atoms with E-state index in [1.807, 2.05) is 0 Å². The van der Waals surface area contributed by atoms with Crippen molar-refractivity contribution in [1.29, 1.82) is 0 Å². The minimum atomic E-state index is -0.0791. The molecule has 4 fully saturated rings. The van der Waals surface area contributed by atoms with Crippen LogP contribution in [0.25, 0.3) is 0 Å². The largest absolute Gasteiger partial charge is 0.492 e. The molecule has 2 aliphatic heterocycles. The zero-order valence-electron chi connectivity index (χ0n) is 19.8.